The first-order valence-corrected chi connectivity index (χ1v) is 9.92. The minimum absolute atomic E-state index is 0.194. The number of hydrogen-bond donors (Lipinski definition) is 1. The molecule has 0 spiro atoms. The van der Waals surface area contributed by atoms with Gasteiger partial charge in [-0.25, -0.2) is 18.4 Å². The van der Waals surface area contributed by atoms with Crippen molar-refractivity contribution in [1.29, 1.82) is 0 Å². The van der Waals surface area contributed by atoms with E-state index in [0.29, 0.717) is 18.2 Å². The Balaban J connectivity index is 1.63. The van der Waals surface area contributed by atoms with Crippen LogP contribution in [0.25, 0.3) is 0 Å². The number of aromatic nitrogens is 2. The molecule has 0 bridgehead atoms. The zero-order valence-electron chi connectivity index (χ0n) is 13.6. The van der Waals surface area contributed by atoms with E-state index in [0.717, 1.165) is 18.4 Å². The van der Waals surface area contributed by atoms with Crippen molar-refractivity contribution in [3.63, 3.8) is 0 Å². The molecule has 1 aliphatic carbocycles. The molecule has 24 heavy (non-hydrogen) atoms. The lowest BCUT2D eigenvalue weighted by atomic mass is 10.3. The van der Waals surface area contributed by atoms with Gasteiger partial charge in [0.2, 0.25) is 5.88 Å². The molecule has 2 aromatic rings. The molecule has 1 fully saturated rings. The number of pyridine rings is 2. The average molecular weight is 347 g/mol. The molecule has 0 atom stereocenters. The maximum atomic E-state index is 11.8. The molecule has 7 heteroatoms. The van der Waals surface area contributed by atoms with E-state index in [1.165, 1.54) is 19.1 Å². The number of hydrogen-bond acceptors (Lipinski definition) is 6. The molecular formula is C17H21N3O3S. The highest BCUT2D eigenvalue weighted by Crippen LogP contribution is 2.23. The third kappa shape index (κ3) is 4.23. The summed E-state index contributed by atoms with van der Waals surface area (Å²) in [7, 11) is -3.32. The summed E-state index contributed by atoms with van der Waals surface area (Å²) in [6.07, 6.45) is 9.39. The van der Waals surface area contributed by atoms with Crippen molar-refractivity contribution in [2.24, 2.45) is 0 Å². The molecule has 2 aromatic heterocycles. The molecule has 0 saturated heterocycles. The van der Waals surface area contributed by atoms with Crippen LogP contribution in [0.2, 0.25) is 0 Å². The number of nitrogens with one attached hydrogen (secondary N) is 1. The Bertz CT molecular complexity index is 785. The van der Waals surface area contributed by atoms with Gasteiger partial charge in [0.25, 0.3) is 0 Å². The van der Waals surface area contributed by atoms with Crippen molar-refractivity contribution in [2.75, 3.05) is 11.6 Å². The molecule has 0 aliphatic heterocycles. The third-order valence-corrected chi connectivity index (χ3v) is 5.15. The monoisotopic (exact) mass is 347 g/mol. The van der Waals surface area contributed by atoms with Crippen LogP contribution in [0.1, 0.15) is 31.2 Å². The first-order chi connectivity index (χ1) is 11.5. The van der Waals surface area contributed by atoms with Gasteiger partial charge in [-0.05, 0) is 43.4 Å². The molecule has 1 N–H and O–H groups in total. The van der Waals surface area contributed by atoms with Gasteiger partial charge < -0.3 is 10.1 Å². The van der Waals surface area contributed by atoms with Gasteiger partial charge in [0.15, 0.2) is 9.84 Å². The van der Waals surface area contributed by atoms with E-state index in [-0.39, 0.29) is 11.0 Å². The summed E-state index contributed by atoms with van der Waals surface area (Å²) in [6.45, 7) is 0.441. The maximum Gasteiger partial charge on any atom is 0.213 e. The van der Waals surface area contributed by atoms with Gasteiger partial charge in [-0.15, -0.1) is 0 Å². The number of nitrogens with zero attached hydrogens (tertiary/aromatic N) is 2. The Hall–Kier alpha value is -2.15. The van der Waals surface area contributed by atoms with Crippen molar-refractivity contribution < 1.29 is 13.2 Å². The average Bonchev–Trinajstić information content (AvgIpc) is 3.07. The zero-order valence-corrected chi connectivity index (χ0v) is 14.4. The lowest BCUT2D eigenvalue weighted by Gasteiger charge is -2.13. The Labute approximate surface area is 142 Å². The predicted octanol–water partition coefficient (Wildman–Crippen LogP) is 2.81. The van der Waals surface area contributed by atoms with Crippen LogP contribution in [0.5, 0.6) is 5.88 Å². The maximum absolute atomic E-state index is 11.8. The largest absolute Gasteiger partial charge is 0.474 e. The first-order valence-electron chi connectivity index (χ1n) is 8.03. The summed E-state index contributed by atoms with van der Waals surface area (Å²) in [5.74, 6) is 0.992. The second-order valence-corrected chi connectivity index (χ2v) is 7.99. The van der Waals surface area contributed by atoms with Crippen LogP contribution in [0.3, 0.4) is 0 Å². The van der Waals surface area contributed by atoms with Crippen LogP contribution in [-0.2, 0) is 16.4 Å². The van der Waals surface area contributed by atoms with E-state index in [9.17, 15) is 8.42 Å². The molecule has 6 nitrogen and oxygen atoms in total. The number of anilines is 1. The van der Waals surface area contributed by atoms with E-state index >= 15 is 0 Å². The number of rotatable bonds is 6. The van der Waals surface area contributed by atoms with Gasteiger partial charge in [-0.3, -0.25) is 0 Å². The molecule has 0 radical (unpaired) electrons. The quantitative estimate of drug-likeness (QED) is 0.865. The van der Waals surface area contributed by atoms with Crippen molar-refractivity contribution in [1.82, 2.24) is 9.97 Å². The van der Waals surface area contributed by atoms with Crippen LogP contribution >= 0.6 is 0 Å². The van der Waals surface area contributed by atoms with Gasteiger partial charge in [0.05, 0.1) is 0 Å². The van der Waals surface area contributed by atoms with E-state index in [1.54, 1.807) is 24.5 Å². The highest BCUT2D eigenvalue weighted by molar-refractivity contribution is 7.90. The molecule has 128 valence electrons. The predicted molar refractivity (Wildman–Crippen MR) is 91.8 cm³/mol. The normalized spacial score (nSPS) is 15.4. The fourth-order valence-electron chi connectivity index (χ4n) is 2.77. The van der Waals surface area contributed by atoms with Gasteiger partial charge in [0, 0.05) is 31.3 Å². The second-order valence-electron chi connectivity index (χ2n) is 6.00. The van der Waals surface area contributed by atoms with Gasteiger partial charge in [0.1, 0.15) is 16.8 Å². The van der Waals surface area contributed by atoms with Crippen LogP contribution in [0.4, 0.5) is 5.82 Å². The number of ether oxygens (including phenoxy) is 1. The first kappa shape index (κ1) is 16.7. The Morgan fingerprint density at radius 3 is 2.67 bits per heavy atom. The molecule has 0 aromatic carbocycles. The van der Waals surface area contributed by atoms with Crippen LogP contribution in [-0.4, -0.2) is 30.7 Å². The zero-order chi connectivity index (χ0) is 17.0. The van der Waals surface area contributed by atoms with E-state index in [2.05, 4.69) is 15.3 Å². The Morgan fingerprint density at radius 2 is 2.00 bits per heavy atom. The summed E-state index contributed by atoms with van der Waals surface area (Å²) >= 11 is 0. The third-order valence-electron chi connectivity index (χ3n) is 4.02. The van der Waals surface area contributed by atoms with Crippen molar-refractivity contribution >= 4 is 15.7 Å². The van der Waals surface area contributed by atoms with E-state index < -0.39 is 9.84 Å². The standard InChI is InChI=1S/C17H21N3O3S/c1-24(21,22)15-7-4-10-18-17(15)20-12-13-8-9-16(19-11-13)23-14-5-2-3-6-14/h4,7-11,14H,2-3,5-6,12H2,1H3,(H,18,20). The van der Waals surface area contributed by atoms with Gasteiger partial charge in [-0.1, -0.05) is 6.07 Å². The van der Waals surface area contributed by atoms with Crippen LogP contribution < -0.4 is 10.1 Å². The lowest BCUT2D eigenvalue weighted by molar-refractivity contribution is 0.201. The smallest absolute Gasteiger partial charge is 0.213 e. The molecule has 0 unspecified atom stereocenters. The Kier molecular flexibility index (Phi) is 4.99. The lowest BCUT2D eigenvalue weighted by Crippen LogP contribution is -2.12. The minimum Gasteiger partial charge on any atom is -0.474 e. The summed E-state index contributed by atoms with van der Waals surface area (Å²) < 4.78 is 29.4. The van der Waals surface area contributed by atoms with E-state index in [1.807, 2.05) is 12.1 Å². The fourth-order valence-corrected chi connectivity index (χ4v) is 3.57. The highest BCUT2D eigenvalue weighted by Gasteiger charge is 2.17. The molecular weight excluding hydrogens is 326 g/mol. The SMILES string of the molecule is CS(=O)(=O)c1cccnc1NCc1ccc(OC2CCCC2)nc1. The van der Waals surface area contributed by atoms with Crippen molar-refractivity contribution in [2.45, 2.75) is 43.2 Å². The molecule has 1 aliphatic rings. The van der Waals surface area contributed by atoms with Gasteiger partial charge in [-0.2, -0.15) is 0 Å². The Morgan fingerprint density at radius 1 is 1.21 bits per heavy atom. The minimum atomic E-state index is -3.32. The summed E-state index contributed by atoms with van der Waals surface area (Å²) in [6, 6.07) is 6.93. The van der Waals surface area contributed by atoms with Crippen LogP contribution in [0.15, 0.2) is 41.6 Å². The summed E-state index contributed by atoms with van der Waals surface area (Å²) in [5.41, 5.74) is 0.930. The van der Waals surface area contributed by atoms with Crippen molar-refractivity contribution in [3.8, 4) is 5.88 Å². The van der Waals surface area contributed by atoms with E-state index in [4.69, 9.17) is 4.74 Å². The highest BCUT2D eigenvalue weighted by atomic mass is 32.2. The molecule has 1 saturated carbocycles. The second kappa shape index (κ2) is 7.17. The molecule has 2 heterocycles. The molecule has 0 amide bonds. The van der Waals surface area contributed by atoms with Crippen molar-refractivity contribution in [3.05, 3.63) is 42.2 Å². The van der Waals surface area contributed by atoms with Gasteiger partial charge >= 0.3 is 0 Å². The summed E-state index contributed by atoms with van der Waals surface area (Å²) in [4.78, 5) is 8.63. The fraction of sp³-hybridized carbons (Fsp3) is 0.412. The molecule has 3 rings (SSSR count). The summed E-state index contributed by atoms with van der Waals surface area (Å²) in [5, 5.41) is 3.06. The topological polar surface area (TPSA) is 81.2 Å². The number of sulfone groups is 1. The van der Waals surface area contributed by atoms with Crippen LogP contribution in [0, 0.1) is 0 Å².